The van der Waals surface area contributed by atoms with Gasteiger partial charge in [0.05, 0.1) is 31.6 Å². The number of rotatable bonds is 5. The molecule has 1 aromatic heterocycles. The number of hydrogen-bond donors (Lipinski definition) is 0. The van der Waals surface area contributed by atoms with E-state index in [0.717, 1.165) is 51.0 Å². The van der Waals surface area contributed by atoms with Crippen LogP contribution in [0.3, 0.4) is 0 Å². The Bertz CT molecular complexity index is 444. The van der Waals surface area contributed by atoms with Gasteiger partial charge in [0.25, 0.3) is 0 Å². The maximum absolute atomic E-state index is 6.01. The van der Waals surface area contributed by atoms with Crippen molar-refractivity contribution in [3.8, 4) is 0 Å². The predicted octanol–water partition coefficient (Wildman–Crippen LogP) is 3.06. The van der Waals surface area contributed by atoms with Gasteiger partial charge in [-0.15, -0.1) is 0 Å². The van der Waals surface area contributed by atoms with Crippen LogP contribution in [0.15, 0.2) is 12.3 Å². The van der Waals surface area contributed by atoms with Gasteiger partial charge in [-0.25, -0.2) is 0 Å². The van der Waals surface area contributed by atoms with Crippen LogP contribution in [0.5, 0.6) is 0 Å². The first-order valence-corrected chi connectivity index (χ1v) is 8.14. The van der Waals surface area contributed by atoms with Crippen LogP contribution in [0, 0.1) is 0 Å². The molecule has 1 aliphatic carbocycles. The minimum absolute atomic E-state index is 0.294. The van der Waals surface area contributed by atoms with E-state index in [9.17, 15) is 0 Å². The predicted molar refractivity (Wildman–Crippen MR) is 78.9 cm³/mol. The second kappa shape index (κ2) is 6.46. The molecule has 3 rings (SSSR count). The van der Waals surface area contributed by atoms with E-state index in [0.29, 0.717) is 18.8 Å². The molecule has 2 heterocycles. The lowest BCUT2D eigenvalue weighted by Crippen LogP contribution is -2.37. The molecule has 1 saturated heterocycles. The molecule has 2 aliphatic rings. The van der Waals surface area contributed by atoms with Crippen molar-refractivity contribution in [3.63, 3.8) is 0 Å². The lowest BCUT2D eigenvalue weighted by molar-refractivity contribution is -0.192. The van der Waals surface area contributed by atoms with Gasteiger partial charge in [-0.2, -0.15) is 5.10 Å². The molecule has 1 unspecified atom stereocenters. The summed E-state index contributed by atoms with van der Waals surface area (Å²) < 4.78 is 19.5. The van der Waals surface area contributed by atoms with Crippen molar-refractivity contribution in [2.45, 2.75) is 70.5 Å². The molecule has 0 aromatic carbocycles. The van der Waals surface area contributed by atoms with Crippen LogP contribution in [0.1, 0.15) is 57.7 Å². The minimum Gasteiger partial charge on any atom is -0.372 e. The smallest absolute Gasteiger partial charge is 0.168 e. The SMILES string of the molecule is CCC(C)n1ccc(COC2CCC3(CC2)OCCO3)n1. The van der Waals surface area contributed by atoms with Crippen molar-refractivity contribution >= 4 is 0 Å². The molecule has 1 saturated carbocycles. The van der Waals surface area contributed by atoms with Crippen molar-refractivity contribution in [2.75, 3.05) is 13.2 Å². The molecule has 0 radical (unpaired) electrons. The van der Waals surface area contributed by atoms with Gasteiger partial charge in [-0.05, 0) is 32.3 Å². The summed E-state index contributed by atoms with van der Waals surface area (Å²) in [7, 11) is 0. The van der Waals surface area contributed by atoms with Crippen molar-refractivity contribution in [2.24, 2.45) is 0 Å². The highest BCUT2D eigenvalue weighted by atomic mass is 16.7. The largest absolute Gasteiger partial charge is 0.372 e. The van der Waals surface area contributed by atoms with E-state index in [1.807, 2.05) is 10.9 Å². The zero-order valence-electron chi connectivity index (χ0n) is 13.1. The lowest BCUT2D eigenvalue weighted by Gasteiger charge is -2.35. The molecule has 1 aromatic rings. The van der Waals surface area contributed by atoms with Gasteiger partial charge in [0.15, 0.2) is 5.79 Å². The molecular weight excluding hydrogens is 268 g/mol. The van der Waals surface area contributed by atoms with Gasteiger partial charge in [0.1, 0.15) is 0 Å². The summed E-state index contributed by atoms with van der Waals surface area (Å²) in [6.45, 7) is 6.42. The Morgan fingerprint density at radius 2 is 2.10 bits per heavy atom. The fourth-order valence-electron chi connectivity index (χ4n) is 3.07. The van der Waals surface area contributed by atoms with Crippen LogP contribution in [-0.2, 0) is 20.8 Å². The van der Waals surface area contributed by atoms with Crippen LogP contribution in [0.4, 0.5) is 0 Å². The second-order valence-electron chi connectivity index (χ2n) is 6.16. The Kier molecular flexibility index (Phi) is 4.62. The average Bonchev–Trinajstić information content (AvgIpc) is 3.16. The van der Waals surface area contributed by atoms with Crippen molar-refractivity contribution in [1.29, 1.82) is 0 Å². The number of ether oxygens (including phenoxy) is 3. The second-order valence-corrected chi connectivity index (χ2v) is 6.16. The molecule has 5 nitrogen and oxygen atoms in total. The summed E-state index contributed by atoms with van der Waals surface area (Å²) in [5.74, 6) is -0.294. The zero-order chi connectivity index (χ0) is 14.7. The summed E-state index contributed by atoms with van der Waals surface area (Å²) in [6.07, 6.45) is 7.34. The fourth-order valence-corrected chi connectivity index (χ4v) is 3.07. The molecule has 1 aliphatic heterocycles. The average molecular weight is 294 g/mol. The van der Waals surface area contributed by atoms with Gasteiger partial charge >= 0.3 is 0 Å². The Balaban J connectivity index is 1.44. The minimum atomic E-state index is -0.294. The van der Waals surface area contributed by atoms with Gasteiger partial charge in [0.2, 0.25) is 0 Å². The van der Waals surface area contributed by atoms with Crippen LogP contribution in [0.25, 0.3) is 0 Å². The Hall–Kier alpha value is -0.910. The highest BCUT2D eigenvalue weighted by Gasteiger charge is 2.40. The van der Waals surface area contributed by atoms with Crippen LogP contribution in [-0.4, -0.2) is 34.9 Å². The molecule has 0 N–H and O–H groups in total. The molecule has 2 fully saturated rings. The van der Waals surface area contributed by atoms with Crippen molar-refractivity contribution < 1.29 is 14.2 Å². The fraction of sp³-hybridized carbons (Fsp3) is 0.812. The Morgan fingerprint density at radius 1 is 1.38 bits per heavy atom. The summed E-state index contributed by atoms with van der Waals surface area (Å²) in [5, 5.41) is 4.58. The highest BCUT2D eigenvalue weighted by Crippen LogP contribution is 2.36. The third-order valence-electron chi connectivity index (χ3n) is 4.68. The topological polar surface area (TPSA) is 45.5 Å². The van der Waals surface area contributed by atoms with E-state index >= 15 is 0 Å². The van der Waals surface area contributed by atoms with Crippen LogP contribution in [0.2, 0.25) is 0 Å². The molecule has 1 spiro atoms. The van der Waals surface area contributed by atoms with E-state index in [-0.39, 0.29) is 5.79 Å². The van der Waals surface area contributed by atoms with Crippen molar-refractivity contribution in [3.05, 3.63) is 18.0 Å². The Morgan fingerprint density at radius 3 is 2.76 bits per heavy atom. The monoisotopic (exact) mass is 294 g/mol. The van der Waals surface area contributed by atoms with Gasteiger partial charge in [-0.1, -0.05) is 6.92 Å². The van der Waals surface area contributed by atoms with E-state index < -0.39 is 0 Å². The van der Waals surface area contributed by atoms with E-state index in [1.54, 1.807) is 0 Å². The highest BCUT2D eigenvalue weighted by molar-refractivity contribution is 4.98. The maximum Gasteiger partial charge on any atom is 0.168 e. The first kappa shape index (κ1) is 15.0. The summed E-state index contributed by atoms with van der Waals surface area (Å²) >= 11 is 0. The molecule has 118 valence electrons. The molecule has 0 amide bonds. The van der Waals surface area contributed by atoms with Crippen LogP contribution >= 0.6 is 0 Å². The number of nitrogens with zero attached hydrogens (tertiary/aromatic N) is 2. The summed E-state index contributed by atoms with van der Waals surface area (Å²) in [6, 6.07) is 2.50. The summed E-state index contributed by atoms with van der Waals surface area (Å²) in [5.41, 5.74) is 1.02. The number of hydrogen-bond acceptors (Lipinski definition) is 4. The molecule has 21 heavy (non-hydrogen) atoms. The van der Waals surface area contributed by atoms with E-state index in [1.165, 1.54) is 0 Å². The third-order valence-corrected chi connectivity index (χ3v) is 4.68. The molecule has 0 bridgehead atoms. The summed E-state index contributed by atoms with van der Waals surface area (Å²) in [4.78, 5) is 0. The van der Waals surface area contributed by atoms with Crippen LogP contribution < -0.4 is 0 Å². The van der Waals surface area contributed by atoms with E-state index in [4.69, 9.17) is 14.2 Å². The third kappa shape index (κ3) is 3.47. The maximum atomic E-state index is 6.01. The van der Waals surface area contributed by atoms with Gasteiger partial charge in [0, 0.05) is 25.1 Å². The van der Waals surface area contributed by atoms with Gasteiger partial charge in [-0.3, -0.25) is 4.68 Å². The normalized spacial score (nSPS) is 23.7. The molecule has 5 heteroatoms. The first-order valence-electron chi connectivity index (χ1n) is 8.14. The quantitative estimate of drug-likeness (QED) is 0.837. The molecular formula is C16H26N2O3. The first-order chi connectivity index (χ1) is 10.2. The van der Waals surface area contributed by atoms with Crippen molar-refractivity contribution in [1.82, 2.24) is 9.78 Å². The van der Waals surface area contributed by atoms with E-state index in [2.05, 4.69) is 25.0 Å². The standard InChI is InChI=1S/C16H26N2O3/c1-3-13(2)18-9-6-14(17-18)12-19-15-4-7-16(8-5-15)20-10-11-21-16/h6,9,13,15H,3-5,7-8,10-12H2,1-2H3. The lowest BCUT2D eigenvalue weighted by atomic mass is 9.92. The molecule has 1 atom stereocenters. The zero-order valence-corrected chi connectivity index (χ0v) is 13.1. The Labute approximate surface area is 126 Å². The number of aromatic nitrogens is 2. The van der Waals surface area contributed by atoms with Gasteiger partial charge < -0.3 is 14.2 Å².